The second-order valence-corrected chi connectivity index (χ2v) is 10.4. The van der Waals surface area contributed by atoms with E-state index in [2.05, 4.69) is 32.2 Å². The van der Waals surface area contributed by atoms with Gasteiger partial charge in [-0.25, -0.2) is 0 Å². The molecular formula is C26H28Cl2N2O. The van der Waals surface area contributed by atoms with Crippen molar-refractivity contribution >= 4 is 40.5 Å². The lowest BCUT2D eigenvalue weighted by molar-refractivity contribution is -0.114. The SMILES string of the molecule is Cc1ccc(NC2=C3C[C@H](C(C)(C)C)CC=C3N(c3ccc(C)c(Cl)c3)C2=O)cc1Cl. The Morgan fingerprint density at radius 2 is 1.65 bits per heavy atom. The Morgan fingerprint density at radius 1 is 1.00 bits per heavy atom. The average molecular weight is 455 g/mol. The molecule has 2 aliphatic rings. The number of benzene rings is 2. The maximum atomic E-state index is 13.7. The smallest absolute Gasteiger partial charge is 0.279 e. The Balaban J connectivity index is 1.79. The Labute approximate surface area is 194 Å². The van der Waals surface area contributed by atoms with Crippen LogP contribution in [0.5, 0.6) is 0 Å². The number of nitrogens with zero attached hydrogens (tertiary/aromatic N) is 1. The first kappa shape index (κ1) is 22.0. The molecule has 0 aromatic heterocycles. The number of halogens is 2. The molecule has 0 bridgehead atoms. The number of allylic oxidation sites excluding steroid dienone is 2. The zero-order valence-corrected chi connectivity index (χ0v) is 20.2. The number of anilines is 2. The van der Waals surface area contributed by atoms with Crippen LogP contribution >= 0.6 is 23.2 Å². The third kappa shape index (κ3) is 4.14. The summed E-state index contributed by atoms with van der Waals surface area (Å²) < 4.78 is 0. The van der Waals surface area contributed by atoms with Crippen LogP contribution in [0.1, 0.15) is 44.7 Å². The first-order valence-corrected chi connectivity index (χ1v) is 11.4. The Kier molecular flexibility index (Phi) is 5.70. The van der Waals surface area contributed by atoms with Crippen molar-refractivity contribution in [2.24, 2.45) is 11.3 Å². The van der Waals surface area contributed by atoms with Crippen molar-refractivity contribution in [3.8, 4) is 0 Å². The minimum Gasteiger partial charge on any atom is -0.351 e. The van der Waals surface area contributed by atoms with Gasteiger partial charge in [0.2, 0.25) is 0 Å². The number of carbonyl (C=O) groups is 1. The first-order valence-electron chi connectivity index (χ1n) is 10.6. The lowest BCUT2D eigenvalue weighted by Gasteiger charge is -2.34. The molecule has 1 aliphatic carbocycles. The van der Waals surface area contributed by atoms with Crippen molar-refractivity contribution in [3.05, 3.63) is 80.6 Å². The summed E-state index contributed by atoms with van der Waals surface area (Å²) in [7, 11) is 0. The number of rotatable bonds is 3. The maximum absolute atomic E-state index is 13.7. The van der Waals surface area contributed by atoms with Crippen LogP contribution in [0.4, 0.5) is 11.4 Å². The van der Waals surface area contributed by atoms with E-state index < -0.39 is 0 Å². The van der Waals surface area contributed by atoms with Gasteiger partial charge in [0.25, 0.3) is 5.91 Å². The Morgan fingerprint density at radius 3 is 2.26 bits per heavy atom. The van der Waals surface area contributed by atoms with Gasteiger partial charge in [-0.2, -0.15) is 0 Å². The zero-order valence-electron chi connectivity index (χ0n) is 18.6. The molecule has 1 N–H and O–H groups in total. The molecule has 5 heteroatoms. The normalized spacial score (nSPS) is 18.9. The molecule has 0 fully saturated rings. The number of hydrogen-bond acceptors (Lipinski definition) is 2. The van der Waals surface area contributed by atoms with Crippen LogP contribution in [0, 0.1) is 25.2 Å². The summed E-state index contributed by atoms with van der Waals surface area (Å²) in [5.41, 5.74) is 6.39. The van der Waals surface area contributed by atoms with Crippen molar-refractivity contribution < 1.29 is 4.79 Å². The molecule has 1 amide bonds. The molecule has 1 atom stereocenters. The standard InChI is InChI=1S/C26H28Cl2N2O/c1-15-6-9-18(13-21(15)27)29-24-20-12-17(26(3,4)5)8-11-23(20)30(25(24)31)19-10-7-16(2)22(28)14-19/h6-7,9-11,13-14,17,29H,8,12H2,1-5H3/t17-/m1/s1. The second-order valence-electron chi connectivity index (χ2n) is 9.61. The molecule has 4 rings (SSSR count). The van der Waals surface area contributed by atoms with E-state index in [0.717, 1.165) is 46.6 Å². The fraction of sp³-hybridized carbons (Fsp3) is 0.346. The largest absolute Gasteiger partial charge is 0.351 e. The number of carbonyl (C=O) groups excluding carboxylic acids is 1. The number of amides is 1. The molecule has 162 valence electrons. The predicted molar refractivity (Wildman–Crippen MR) is 131 cm³/mol. The molecule has 0 saturated heterocycles. The van der Waals surface area contributed by atoms with E-state index in [0.29, 0.717) is 21.7 Å². The number of aryl methyl sites for hydroxylation is 2. The molecule has 31 heavy (non-hydrogen) atoms. The van der Waals surface area contributed by atoms with E-state index in [1.54, 1.807) is 4.90 Å². The first-order chi connectivity index (χ1) is 14.6. The molecule has 1 aliphatic heterocycles. The van der Waals surface area contributed by atoms with Gasteiger partial charge in [0.05, 0.1) is 11.4 Å². The lowest BCUT2D eigenvalue weighted by atomic mass is 9.72. The van der Waals surface area contributed by atoms with Gasteiger partial charge in [-0.05, 0) is 73.4 Å². The van der Waals surface area contributed by atoms with Crippen molar-refractivity contribution in [1.82, 2.24) is 0 Å². The van der Waals surface area contributed by atoms with Crippen LogP contribution in [0.3, 0.4) is 0 Å². The molecule has 0 spiro atoms. The van der Waals surface area contributed by atoms with Crippen LogP contribution in [-0.2, 0) is 4.79 Å². The van der Waals surface area contributed by atoms with Crippen LogP contribution in [-0.4, -0.2) is 5.91 Å². The summed E-state index contributed by atoms with van der Waals surface area (Å²) in [6.45, 7) is 10.7. The maximum Gasteiger partial charge on any atom is 0.279 e. The minimum atomic E-state index is -0.0626. The molecule has 2 aromatic carbocycles. The van der Waals surface area contributed by atoms with Crippen molar-refractivity contribution in [2.45, 2.75) is 47.5 Å². The second kappa shape index (κ2) is 8.03. The van der Waals surface area contributed by atoms with E-state index in [-0.39, 0.29) is 11.3 Å². The highest BCUT2D eigenvalue weighted by Crippen LogP contribution is 2.46. The number of nitrogens with one attached hydrogen (secondary N) is 1. The van der Waals surface area contributed by atoms with Gasteiger partial charge in [-0.1, -0.05) is 62.2 Å². The zero-order chi connectivity index (χ0) is 22.5. The summed E-state index contributed by atoms with van der Waals surface area (Å²) in [6, 6.07) is 11.6. The fourth-order valence-corrected chi connectivity index (χ4v) is 4.55. The van der Waals surface area contributed by atoms with Gasteiger partial charge in [-0.3, -0.25) is 9.69 Å². The van der Waals surface area contributed by atoms with Gasteiger partial charge in [-0.15, -0.1) is 0 Å². The number of hydrogen-bond donors (Lipinski definition) is 1. The quantitative estimate of drug-likeness (QED) is 0.515. The fourth-order valence-electron chi connectivity index (χ4n) is 4.20. The van der Waals surface area contributed by atoms with E-state index in [4.69, 9.17) is 23.2 Å². The van der Waals surface area contributed by atoms with E-state index >= 15 is 0 Å². The molecular weight excluding hydrogens is 427 g/mol. The highest BCUT2D eigenvalue weighted by Gasteiger charge is 2.41. The Bertz CT molecular complexity index is 1120. The molecule has 0 unspecified atom stereocenters. The lowest BCUT2D eigenvalue weighted by Crippen LogP contribution is -2.29. The highest BCUT2D eigenvalue weighted by molar-refractivity contribution is 6.32. The summed E-state index contributed by atoms with van der Waals surface area (Å²) in [4.78, 5) is 15.5. The monoisotopic (exact) mass is 454 g/mol. The summed E-state index contributed by atoms with van der Waals surface area (Å²) >= 11 is 12.7. The average Bonchev–Trinajstić information content (AvgIpc) is 2.97. The van der Waals surface area contributed by atoms with Crippen molar-refractivity contribution in [2.75, 3.05) is 10.2 Å². The van der Waals surface area contributed by atoms with Crippen LogP contribution < -0.4 is 10.2 Å². The minimum absolute atomic E-state index is 0.0626. The van der Waals surface area contributed by atoms with Crippen molar-refractivity contribution in [3.63, 3.8) is 0 Å². The third-order valence-electron chi connectivity index (χ3n) is 6.39. The third-order valence-corrected chi connectivity index (χ3v) is 7.21. The van der Waals surface area contributed by atoms with E-state index in [1.165, 1.54) is 0 Å². The molecule has 2 aromatic rings. The van der Waals surface area contributed by atoms with Crippen molar-refractivity contribution in [1.29, 1.82) is 0 Å². The van der Waals surface area contributed by atoms with Gasteiger partial charge >= 0.3 is 0 Å². The van der Waals surface area contributed by atoms with Gasteiger partial charge in [0.1, 0.15) is 5.70 Å². The predicted octanol–water partition coefficient (Wildman–Crippen LogP) is 7.66. The summed E-state index contributed by atoms with van der Waals surface area (Å²) in [6.07, 6.45) is 3.99. The van der Waals surface area contributed by atoms with E-state index in [9.17, 15) is 4.79 Å². The van der Waals surface area contributed by atoms with Gasteiger partial charge in [0.15, 0.2) is 0 Å². The summed E-state index contributed by atoms with van der Waals surface area (Å²) in [5, 5.41) is 4.72. The van der Waals surface area contributed by atoms with E-state index in [1.807, 2.05) is 50.2 Å². The molecule has 0 radical (unpaired) electrons. The number of fused-ring (bicyclic) bond motifs is 1. The topological polar surface area (TPSA) is 32.3 Å². The molecule has 1 heterocycles. The van der Waals surface area contributed by atoms with Crippen LogP contribution in [0.25, 0.3) is 0 Å². The molecule has 3 nitrogen and oxygen atoms in total. The van der Waals surface area contributed by atoms with Gasteiger partial charge in [0, 0.05) is 21.3 Å². The van der Waals surface area contributed by atoms with Gasteiger partial charge < -0.3 is 5.32 Å². The molecule has 0 saturated carbocycles. The van der Waals surface area contributed by atoms with Crippen LogP contribution in [0.15, 0.2) is 59.4 Å². The Hall–Kier alpha value is -2.23. The highest BCUT2D eigenvalue weighted by atomic mass is 35.5. The van der Waals surface area contributed by atoms with Crippen LogP contribution in [0.2, 0.25) is 10.0 Å². The summed E-state index contributed by atoms with van der Waals surface area (Å²) in [5.74, 6) is 0.395.